The van der Waals surface area contributed by atoms with Crippen molar-refractivity contribution in [1.29, 1.82) is 0 Å². The van der Waals surface area contributed by atoms with Gasteiger partial charge in [-0.05, 0) is 43.6 Å². The molecule has 8 heteroatoms. The van der Waals surface area contributed by atoms with Gasteiger partial charge in [-0.15, -0.1) is 0 Å². The van der Waals surface area contributed by atoms with Gasteiger partial charge < -0.3 is 15.0 Å². The molecule has 0 spiro atoms. The summed E-state index contributed by atoms with van der Waals surface area (Å²) in [4.78, 5) is 1.86. The van der Waals surface area contributed by atoms with Crippen molar-refractivity contribution in [2.24, 2.45) is 0 Å². The number of ether oxygens (including phenoxy) is 1. The smallest absolute Gasteiger partial charge is 0.173 e. The van der Waals surface area contributed by atoms with Crippen LogP contribution in [0.25, 0.3) is 0 Å². The average molecular weight is 372 g/mol. The molecule has 132 valence electrons. The summed E-state index contributed by atoms with van der Waals surface area (Å²) >= 11 is 5.46. The third-order valence-electron chi connectivity index (χ3n) is 4.45. The standard InChI is InChI=1S/C16H21FN2O3S2/c17-14-5-1-2-6-15(14)18-16(23)19(10-13-4-3-8-22-13)12-7-9-24(20,21)11-12/h1-2,5-6,12-13H,3-4,7-11H2,(H,18,23)/t12-,13+/m1/s1. The van der Waals surface area contributed by atoms with Gasteiger partial charge in [-0.1, -0.05) is 12.1 Å². The van der Waals surface area contributed by atoms with E-state index >= 15 is 0 Å². The zero-order valence-corrected chi connectivity index (χ0v) is 14.9. The average Bonchev–Trinajstić information content (AvgIpc) is 3.16. The molecule has 2 heterocycles. The fourth-order valence-corrected chi connectivity index (χ4v) is 5.24. The van der Waals surface area contributed by atoms with Gasteiger partial charge in [-0.25, -0.2) is 12.8 Å². The molecule has 2 atom stereocenters. The van der Waals surface area contributed by atoms with Gasteiger partial charge in [0.25, 0.3) is 0 Å². The minimum absolute atomic E-state index is 0.0358. The molecule has 0 radical (unpaired) electrons. The zero-order valence-electron chi connectivity index (χ0n) is 13.3. The van der Waals surface area contributed by atoms with Crippen LogP contribution < -0.4 is 5.32 Å². The number of para-hydroxylation sites is 1. The van der Waals surface area contributed by atoms with Gasteiger partial charge in [0.15, 0.2) is 14.9 Å². The monoisotopic (exact) mass is 372 g/mol. The van der Waals surface area contributed by atoms with E-state index in [0.29, 0.717) is 23.8 Å². The van der Waals surface area contributed by atoms with Gasteiger partial charge in [0.05, 0.1) is 23.3 Å². The van der Waals surface area contributed by atoms with E-state index in [1.54, 1.807) is 18.2 Å². The molecule has 0 amide bonds. The van der Waals surface area contributed by atoms with E-state index in [4.69, 9.17) is 17.0 Å². The molecular formula is C16H21FN2O3S2. The predicted octanol–water partition coefficient (Wildman–Crippen LogP) is 2.19. The van der Waals surface area contributed by atoms with Crippen molar-refractivity contribution in [3.05, 3.63) is 30.1 Å². The second kappa shape index (κ2) is 7.33. The van der Waals surface area contributed by atoms with Crippen LogP contribution in [0.15, 0.2) is 24.3 Å². The molecule has 0 aliphatic carbocycles. The van der Waals surface area contributed by atoms with Crippen LogP contribution in [0.5, 0.6) is 0 Å². The molecule has 0 saturated carbocycles. The Bertz CT molecular complexity index is 705. The second-order valence-corrected chi connectivity index (χ2v) is 8.87. The normalized spacial score (nSPS) is 25.5. The van der Waals surface area contributed by atoms with Crippen LogP contribution in [-0.2, 0) is 14.6 Å². The molecule has 5 nitrogen and oxygen atoms in total. The lowest BCUT2D eigenvalue weighted by Gasteiger charge is -2.33. The highest BCUT2D eigenvalue weighted by molar-refractivity contribution is 7.91. The van der Waals surface area contributed by atoms with E-state index in [-0.39, 0.29) is 23.7 Å². The summed E-state index contributed by atoms with van der Waals surface area (Å²) in [5.74, 6) is -0.142. The Morgan fingerprint density at radius 2 is 2.17 bits per heavy atom. The number of nitrogens with one attached hydrogen (secondary N) is 1. The quantitative estimate of drug-likeness (QED) is 0.818. The SMILES string of the molecule is O=S1(=O)CC[C@@H](N(C[C@@H]2CCCO2)C(=S)Nc2ccccc2F)C1. The fraction of sp³-hybridized carbons (Fsp3) is 0.562. The summed E-state index contributed by atoms with van der Waals surface area (Å²) < 4.78 is 43.2. The lowest BCUT2D eigenvalue weighted by Crippen LogP contribution is -2.47. The largest absolute Gasteiger partial charge is 0.376 e. The van der Waals surface area contributed by atoms with Gasteiger partial charge in [-0.3, -0.25) is 0 Å². The molecule has 2 fully saturated rings. The minimum atomic E-state index is -3.03. The highest BCUT2D eigenvalue weighted by Gasteiger charge is 2.35. The van der Waals surface area contributed by atoms with Crippen LogP contribution >= 0.6 is 12.2 Å². The Kier molecular flexibility index (Phi) is 5.36. The molecule has 1 N–H and O–H groups in total. The highest BCUT2D eigenvalue weighted by atomic mass is 32.2. The van der Waals surface area contributed by atoms with Crippen molar-refractivity contribution in [1.82, 2.24) is 4.90 Å². The van der Waals surface area contributed by atoms with Gasteiger partial charge >= 0.3 is 0 Å². The number of benzene rings is 1. The Balaban J connectivity index is 1.75. The Morgan fingerprint density at radius 3 is 2.79 bits per heavy atom. The van der Waals surface area contributed by atoms with Crippen molar-refractivity contribution < 1.29 is 17.5 Å². The predicted molar refractivity (Wildman–Crippen MR) is 95.4 cm³/mol. The molecule has 1 aromatic rings. The molecule has 1 aromatic carbocycles. The van der Waals surface area contributed by atoms with E-state index in [1.807, 2.05) is 4.90 Å². The maximum absolute atomic E-state index is 13.9. The van der Waals surface area contributed by atoms with Crippen molar-refractivity contribution in [2.75, 3.05) is 30.0 Å². The topological polar surface area (TPSA) is 58.6 Å². The van der Waals surface area contributed by atoms with Crippen molar-refractivity contribution >= 4 is 32.9 Å². The lowest BCUT2D eigenvalue weighted by molar-refractivity contribution is 0.0851. The summed E-state index contributed by atoms with van der Waals surface area (Å²) in [6, 6.07) is 6.11. The third-order valence-corrected chi connectivity index (χ3v) is 6.54. The van der Waals surface area contributed by atoms with Crippen molar-refractivity contribution in [2.45, 2.75) is 31.4 Å². The van der Waals surface area contributed by atoms with Crippen LogP contribution in [0.3, 0.4) is 0 Å². The molecule has 3 rings (SSSR count). The maximum Gasteiger partial charge on any atom is 0.173 e. The van der Waals surface area contributed by atoms with E-state index in [0.717, 1.165) is 19.4 Å². The number of thiocarbonyl (C=S) groups is 1. The summed E-state index contributed by atoms with van der Waals surface area (Å²) in [7, 11) is -3.03. The van der Waals surface area contributed by atoms with Gasteiger partial charge in [0.1, 0.15) is 5.82 Å². The number of halogens is 1. The number of hydrogen-bond acceptors (Lipinski definition) is 4. The summed E-state index contributed by atoms with van der Waals surface area (Å²) in [6.45, 7) is 1.25. The fourth-order valence-electron chi connectivity index (χ4n) is 3.18. The van der Waals surface area contributed by atoms with E-state index < -0.39 is 15.7 Å². The molecule has 2 saturated heterocycles. The third kappa shape index (κ3) is 4.23. The second-order valence-electron chi connectivity index (χ2n) is 6.25. The molecule has 0 bridgehead atoms. The van der Waals surface area contributed by atoms with Crippen LogP contribution in [0.1, 0.15) is 19.3 Å². The number of anilines is 1. The first-order valence-corrected chi connectivity index (χ1v) is 10.3. The summed E-state index contributed by atoms with van der Waals surface area (Å²) in [5.41, 5.74) is 0.292. The van der Waals surface area contributed by atoms with Gasteiger partial charge in [0, 0.05) is 19.2 Å². The Hall–Kier alpha value is -1.25. The summed E-state index contributed by atoms with van der Waals surface area (Å²) in [6.07, 6.45) is 2.50. The molecule has 0 unspecified atom stereocenters. The number of hydrogen-bond donors (Lipinski definition) is 1. The van der Waals surface area contributed by atoms with Gasteiger partial charge in [-0.2, -0.15) is 0 Å². The minimum Gasteiger partial charge on any atom is -0.376 e. The van der Waals surface area contributed by atoms with Crippen LogP contribution in [0.2, 0.25) is 0 Å². The van der Waals surface area contributed by atoms with Crippen molar-refractivity contribution in [3.63, 3.8) is 0 Å². The van der Waals surface area contributed by atoms with Gasteiger partial charge in [0.2, 0.25) is 0 Å². The first-order chi connectivity index (χ1) is 11.4. The first-order valence-electron chi connectivity index (χ1n) is 8.09. The molecule has 2 aliphatic rings. The number of nitrogens with zero attached hydrogens (tertiary/aromatic N) is 1. The number of rotatable bonds is 4. The summed E-state index contributed by atoms with van der Waals surface area (Å²) in [5, 5.41) is 3.27. The molecule has 0 aromatic heterocycles. The Labute approximate surface area is 147 Å². The van der Waals surface area contributed by atoms with Crippen LogP contribution in [-0.4, -0.2) is 55.2 Å². The Morgan fingerprint density at radius 1 is 1.38 bits per heavy atom. The molecule has 24 heavy (non-hydrogen) atoms. The van der Waals surface area contributed by atoms with E-state index in [2.05, 4.69) is 5.32 Å². The number of sulfone groups is 1. The van der Waals surface area contributed by atoms with Crippen LogP contribution in [0, 0.1) is 5.82 Å². The van der Waals surface area contributed by atoms with E-state index in [9.17, 15) is 12.8 Å². The maximum atomic E-state index is 13.9. The zero-order chi connectivity index (χ0) is 17.2. The van der Waals surface area contributed by atoms with Crippen molar-refractivity contribution in [3.8, 4) is 0 Å². The first kappa shape index (κ1) is 17.6. The lowest BCUT2D eigenvalue weighted by atomic mass is 10.2. The molecular weight excluding hydrogens is 351 g/mol. The highest BCUT2D eigenvalue weighted by Crippen LogP contribution is 2.23. The molecule has 2 aliphatic heterocycles. The van der Waals surface area contributed by atoms with E-state index in [1.165, 1.54) is 6.07 Å². The van der Waals surface area contributed by atoms with Crippen LogP contribution in [0.4, 0.5) is 10.1 Å².